The number of rotatable bonds is 11. The van der Waals surface area contributed by atoms with Crippen molar-refractivity contribution in [3.63, 3.8) is 0 Å². The van der Waals surface area contributed by atoms with Gasteiger partial charge >= 0.3 is 12.2 Å². The highest BCUT2D eigenvalue weighted by atomic mass is 19.4. The van der Waals surface area contributed by atoms with E-state index in [1.807, 2.05) is 24.0 Å². The van der Waals surface area contributed by atoms with Crippen molar-refractivity contribution in [3.05, 3.63) is 48.2 Å². The van der Waals surface area contributed by atoms with Crippen LogP contribution in [0.2, 0.25) is 0 Å². The van der Waals surface area contributed by atoms with Gasteiger partial charge in [0, 0.05) is 74.7 Å². The van der Waals surface area contributed by atoms with Crippen LogP contribution in [0.3, 0.4) is 0 Å². The average Bonchev–Trinajstić information content (AvgIpc) is 3.90. The molecule has 0 unspecified atom stereocenters. The topological polar surface area (TPSA) is 109 Å². The molecule has 2 aromatic heterocycles. The van der Waals surface area contributed by atoms with Gasteiger partial charge in [-0.3, -0.25) is 14.8 Å². The number of anilines is 1. The molecular weight excluding hydrogens is 724 g/mol. The van der Waals surface area contributed by atoms with Gasteiger partial charge in [-0.1, -0.05) is 12.6 Å². The zero-order chi connectivity index (χ0) is 38.8. The van der Waals surface area contributed by atoms with Crippen LogP contribution >= 0.6 is 0 Å². The molecular formula is C42H50F3N7O4. The molecule has 1 N–H and O–H groups in total. The maximum absolute atomic E-state index is 14.1. The van der Waals surface area contributed by atoms with E-state index < -0.39 is 12.8 Å². The second kappa shape index (κ2) is 14.2. The number of halogens is 3. The van der Waals surface area contributed by atoms with Gasteiger partial charge < -0.3 is 24.0 Å². The first-order valence-electron chi connectivity index (χ1n) is 20.0. The number of piperidine rings is 1. The van der Waals surface area contributed by atoms with E-state index in [2.05, 4.69) is 32.6 Å². The van der Waals surface area contributed by atoms with Crippen LogP contribution < -0.4 is 14.4 Å². The number of fused-ring (bicyclic) bond motifs is 2. The Morgan fingerprint density at radius 3 is 2.41 bits per heavy atom. The van der Waals surface area contributed by atoms with E-state index in [0.29, 0.717) is 53.9 Å². The molecule has 5 aliphatic rings. The number of carbonyl (C=O) groups excluding carboxylic acids is 1. The molecule has 298 valence electrons. The number of methoxy groups -OCH3 is 1. The molecule has 2 aliphatic carbocycles. The summed E-state index contributed by atoms with van der Waals surface area (Å²) in [6, 6.07) is 6.17. The van der Waals surface area contributed by atoms with Crippen molar-refractivity contribution in [1.82, 2.24) is 30.0 Å². The zero-order valence-electron chi connectivity index (χ0n) is 32.2. The van der Waals surface area contributed by atoms with E-state index in [-0.39, 0.29) is 35.1 Å². The number of hydrogen-bond donors (Lipinski definition) is 1. The lowest BCUT2D eigenvalue weighted by molar-refractivity contribution is -0.153. The number of H-pyrrole nitrogens is 1. The number of likely N-dealkylation sites (tertiary alicyclic amines) is 2. The third-order valence-corrected chi connectivity index (χ3v) is 13.1. The molecule has 11 nitrogen and oxygen atoms in total. The molecule has 0 bridgehead atoms. The number of aromatic nitrogens is 4. The molecule has 9 rings (SSSR count). The van der Waals surface area contributed by atoms with E-state index in [9.17, 15) is 18.0 Å². The normalized spacial score (nSPS) is 21.1. The van der Waals surface area contributed by atoms with Crippen molar-refractivity contribution >= 4 is 33.5 Å². The van der Waals surface area contributed by atoms with Crippen molar-refractivity contribution < 1.29 is 32.2 Å². The minimum Gasteiger partial charge on any atom is -0.481 e. The van der Waals surface area contributed by atoms with Gasteiger partial charge in [-0.05, 0) is 105 Å². The largest absolute Gasteiger partial charge is 0.481 e. The molecule has 3 aliphatic heterocycles. The summed E-state index contributed by atoms with van der Waals surface area (Å²) in [6.45, 7) is 10.7. The zero-order valence-corrected chi connectivity index (χ0v) is 32.2. The molecule has 56 heavy (non-hydrogen) atoms. The fourth-order valence-electron chi connectivity index (χ4n) is 9.87. The van der Waals surface area contributed by atoms with Crippen LogP contribution in [0.15, 0.2) is 37.1 Å². The molecule has 1 amide bonds. The van der Waals surface area contributed by atoms with Crippen LogP contribution in [-0.4, -0.2) is 114 Å². The van der Waals surface area contributed by atoms with Crippen molar-refractivity contribution in [1.29, 1.82) is 0 Å². The van der Waals surface area contributed by atoms with Gasteiger partial charge in [0.05, 0.1) is 18.3 Å². The monoisotopic (exact) mass is 773 g/mol. The van der Waals surface area contributed by atoms with Gasteiger partial charge in [0.2, 0.25) is 5.91 Å². The molecule has 5 heterocycles. The first-order chi connectivity index (χ1) is 27.0. The van der Waals surface area contributed by atoms with E-state index in [1.54, 1.807) is 13.3 Å². The fraction of sp³-hybridized carbons (Fsp3) is 0.571. The SMILES string of the molecule is C=CC(=O)N1CC2(CCN(c3nc(OC4CCC5(CC4)CN(CCOC)C5)nc4c(OCC(F)(F)F)c(-c5c(C)ccc6[nH]ncc56)c(C5CC5)cc34)CC2)C1. The second-order valence-corrected chi connectivity index (χ2v) is 17.1. The van der Waals surface area contributed by atoms with Crippen LogP contribution in [0.4, 0.5) is 19.0 Å². The molecule has 0 atom stereocenters. The smallest absolute Gasteiger partial charge is 0.422 e. The Morgan fingerprint density at radius 1 is 1.00 bits per heavy atom. The summed E-state index contributed by atoms with van der Waals surface area (Å²) in [5.41, 5.74) is 4.70. The molecule has 3 saturated heterocycles. The highest BCUT2D eigenvalue weighted by Crippen LogP contribution is 2.54. The molecule has 2 aromatic carbocycles. The number of benzene rings is 2. The number of aryl methyl sites for hydroxylation is 1. The summed E-state index contributed by atoms with van der Waals surface area (Å²) in [5, 5.41) is 8.81. The fourth-order valence-corrected chi connectivity index (χ4v) is 9.87. The highest BCUT2D eigenvalue weighted by Gasteiger charge is 2.47. The number of ether oxygens (including phenoxy) is 3. The van der Waals surface area contributed by atoms with Crippen LogP contribution in [0, 0.1) is 17.8 Å². The maximum Gasteiger partial charge on any atom is 0.422 e. The Labute approximate surface area is 324 Å². The summed E-state index contributed by atoms with van der Waals surface area (Å²) in [4.78, 5) is 28.9. The minimum absolute atomic E-state index is 0.0319. The predicted octanol–water partition coefficient (Wildman–Crippen LogP) is 7.18. The van der Waals surface area contributed by atoms with Crippen molar-refractivity contribution in [2.45, 2.75) is 76.5 Å². The lowest BCUT2D eigenvalue weighted by Gasteiger charge is -2.54. The third-order valence-electron chi connectivity index (χ3n) is 13.1. The minimum atomic E-state index is -4.57. The summed E-state index contributed by atoms with van der Waals surface area (Å²) >= 11 is 0. The lowest BCUT2D eigenvalue weighted by atomic mass is 9.68. The number of hydrogen-bond acceptors (Lipinski definition) is 9. The number of alkyl halides is 3. The van der Waals surface area contributed by atoms with E-state index in [0.717, 1.165) is 105 Å². The summed E-state index contributed by atoms with van der Waals surface area (Å²) in [6.07, 6.45) is 5.74. The van der Waals surface area contributed by atoms with Crippen molar-refractivity contribution in [2.75, 3.05) is 71.0 Å². The standard InChI is InChI=1S/C42H50F3N7O4/c1-4-33(53)52-23-41(24-52)13-15-51(16-14-41)38-30-19-29(27-6-7-27)35(34-26(2)5-8-32-31(34)20-46-49-32)37(55-25-42(43,44)45)36(30)47-39(48-38)56-28-9-11-40(12-10-28)21-50(22-40)17-18-54-3/h4-5,8,19-20,27-28H,1,6-7,9-18,21-25H2,2-3H3,(H,46,49). The number of carbonyl (C=O) groups is 1. The summed E-state index contributed by atoms with van der Waals surface area (Å²) < 4.78 is 60.3. The van der Waals surface area contributed by atoms with E-state index in [4.69, 9.17) is 24.2 Å². The Kier molecular flexibility index (Phi) is 9.42. The molecule has 5 fully saturated rings. The first-order valence-corrected chi connectivity index (χ1v) is 20.0. The van der Waals surface area contributed by atoms with Crippen molar-refractivity contribution in [3.8, 4) is 22.9 Å². The van der Waals surface area contributed by atoms with E-state index in [1.165, 1.54) is 6.08 Å². The lowest BCUT2D eigenvalue weighted by Crippen LogP contribution is -2.61. The second-order valence-electron chi connectivity index (χ2n) is 17.1. The Balaban J connectivity index is 1.12. The predicted molar refractivity (Wildman–Crippen MR) is 207 cm³/mol. The number of nitrogens with zero attached hydrogens (tertiary/aromatic N) is 6. The summed E-state index contributed by atoms with van der Waals surface area (Å²) in [7, 11) is 1.73. The molecule has 2 spiro atoms. The Morgan fingerprint density at radius 2 is 1.73 bits per heavy atom. The van der Waals surface area contributed by atoms with Crippen LogP contribution in [0.1, 0.15) is 68.4 Å². The number of aromatic amines is 1. The van der Waals surface area contributed by atoms with Crippen molar-refractivity contribution in [2.24, 2.45) is 10.8 Å². The first kappa shape index (κ1) is 37.2. The molecule has 14 heteroatoms. The van der Waals surface area contributed by atoms with Gasteiger partial charge in [-0.2, -0.15) is 28.2 Å². The quantitative estimate of drug-likeness (QED) is 0.159. The average molecular weight is 774 g/mol. The molecule has 2 saturated carbocycles. The Hall–Kier alpha value is -4.43. The number of amides is 1. The maximum atomic E-state index is 14.1. The van der Waals surface area contributed by atoms with Gasteiger partial charge in [0.15, 0.2) is 12.4 Å². The van der Waals surface area contributed by atoms with Gasteiger partial charge in [0.1, 0.15) is 17.4 Å². The third kappa shape index (κ3) is 6.97. The molecule has 0 radical (unpaired) electrons. The molecule has 4 aromatic rings. The van der Waals surface area contributed by atoms with Gasteiger partial charge in [-0.15, -0.1) is 0 Å². The van der Waals surface area contributed by atoms with Crippen LogP contribution in [0.25, 0.3) is 32.9 Å². The van der Waals surface area contributed by atoms with Crippen LogP contribution in [0.5, 0.6) is 11.8 Å². The van der Waals surface area contributed by atoms with E-state index >= 15 is 0 Å². The van der Waals surface area contributed by atoms with Crippen LogP contribution in [-0.2, 0) is 9.53 Å². The highest BCUT2D eigenvalue weighted by molar-refractivity contribution is 6.06. The van der Waals surface area contributed by atoms with Gasteiger partial charge in [-0.25, -0.2) is 0 Å². The summed E-state index contributed by atoms with van der Waals surface area (Å²) in [5.74, 6) is 0.868. The van der Waals surface area contributed by atoms with Gasteiger partial charge in [0.25, 0.3) is 0 Å². The number of nitrogens with one attached hydrogen (secondary N) is 1. The Bertz CT molecular complexity index is 2140.